The molecule has 1 atom stereocenters. The van der Waals surface area contributed by atoms with Crippen LogP contribution in [0.3, 0.4) is 0 Å². The fraction of sp³-hybridized carbons (Fsp3) is 0.222. The smallest absolute Gasteiger partial charge is 0.251 e. The number of benzene rings is 2. The van der Waals surface area contributed by atoms with Crippen LogP contribution < -0.4 is 5.32 Å². The van der Waals surface area contributed by atoms with Crippen LogP contribution in [0.15, 0.2) is 72.0 Å². The molecule has 4 aromatic rings. The van der Waals surface area contributed by atoms with Gasteiger partial charge in [-0.15, -0.1) is 0 Å². The third-order valence-corrected chi connectivity index (χ3v) is 7.97. The molecule has 0 aliphatic heterocycles. The SMILES string of the molecule is CC(c1ccn(C)n1)S(=O)(=O)c1ccc(C(=O)NCCCc2cn[nH]c2)cc1C#Cc1ccc(F)cc1. The summed E-state index contributed by atoms with van der Waals surface area (Å²) >= 11 is 0. The van der Waals surface area contributed by atoms with Gasteiger partial charge >= 0.3 is 0 Å². The molecule has 4 rings (SSSR count). The van der Waals surface area contributed by atoms with Crippen LogP contribution in [-0.2, 0) is 23.3 Å². The molecule has 0 fully saturated rings. The van der Waals surface area contributed by atoms with Crippen molar-refractivity contribution in [3.05, 3.63) is 101 Å². The number of amides is 1. The highest BCUT2D eigenvalue weighted by Crippen LogP contribution is 2.30. The van der Waals surface area contributed by atoms with Crippen molar-refractivity contribution >= 4 is 15.7 Å². The number of hydrogen-bond donors (Lipinski definition) is 2. The van der Waals surface area contributed by atoms with Gasteiger partial charge in [0.25, 0.3) is 5.91 Å². The van der Waals surface area contributed by atoms with Crippen LogP contribution in [0, 0.1) is 17.7 Å². The van der Waals surface area contributed by atoms with E-state index in [2.05, 4.69) is 32.5 Å². The number of halogens is 1. The molecule has 0 spiro atoms. The molecule has 2 N–H and O–H groups in total. The first kappa shape index (κ1) is 25.9. The van der Waals surface area contributed by atoms with Crippen molar-refractivity contribution in [2.45, 2.75) is 29.9 Å². The van der Waals surface area contributed by atoms with Gasteiger partial charge in [-0.1, -0.05) is 11.8 Å². The van der Waals surface area contributed by atoms with E-state index in [9.17, 15) is 17.6 Å². The number of nitrogens with one attached hydrogen (secondary N) is 2. The van der Waals surface area contributed by atoms with E-state index in [0.717, 1.165) is 18.4 Å². The predicted octanol–water partition coefficient (Wildman–Crippen LogP) is 3.58. The summed E-state index contributed by atoms with van der Waals surface area (Å²) < 4.78 is 41.9. The first-order valence-corrected chi connectivity index (χ1v) is 13.2. The summed E-state index contributed by atoms with van der Waals surface area (Å²) in [6.07, 6.45) is 6.69. The molecule has 0 saturated heterocycles. The highest BCUT2D eigenvalue weighted by molar-refractivity contribution is 7.91. The van der Waals surface area contributed by atoms with Crippen LogP contribution in [-0.4, -0.2) is 40.8 Å². The number of aryl methyl sites for hydroxylation is 2. The zero-order valence-electron chi connectivity index (χ0n) is 20.4. The van der Waals surface area contributed by atoms with E-state index >= 15 is 0 Å². The van der Waals surface area contributed by atoms with E-state index in [4.69, 9.17) is 0 Å². The van der Waals surface area contributed by atoms with Crippen molar-refractivity contribution in [2.75, 3.05) is 6.54 Å². The lowest BCUT2D eigenvalue weighted by atomic mass is 10.1. The van der Waals surface area contributed by atoms with E-state index in [1.165, 1.54) is 47.1 Å². The van der Waals surface area contributed by atoms with Crippen LogP contribution in [0.4, 0.5) is 4.39 Å². The van der Waals surface area contributed by atoms with Gasteiger partial charge in [0.1, 0.15) is 11.1 Å². The molecule has 1 amide bonds. The predicted molar refractivity (Wildman–Crippen MR) is 137 cm³/mol. The average molecular weight is 520 g/mol. The topological polar surface area (TPSA) is 110 Å². The molecule has 0 bridgehead atoms. The van der Waals surface area contributed by atoms with Crippen LogP contribution in [0.5, 0.6) is 0 Å². The van der Waals surface area contributed by atoms with Crippen LogP contribution in [0.2, 0.25) is 0 Å². The summed E-state index contributed by atoms with van der Waals surface area (Å²) in [6, 6.07) is 11.6. The van der Waals surface area contributed by atoms with E-state index in [0.29, 0.717) is 17.8 Å². The van der Waals surface area contributed by atoms with Crippen molar-refractivity contribution in [1.82, 2.24) is 25.3 Å². The van der Waals surface area contributed by atoms with Crippen molar-refractivity contribution in [1.29, 1.82) is 0 Å². The number of carbonyl (C=O) groups excluding carboxylic acids is 1. The maximum atomic E-state index is 13.5. The molecule has 10 heteroatoms. The summed E-state index contributed by atoms with van der Waals surface area (Å²) in [5.41, 5.74) is 2.43. The Morgan fingerprint density at radius 3 is 2.62 bits per heavy atom. The zero-order chi connectivity index (χ0) is 26.4. The Hall–Kier alpha value is -4.23. The van der Waals surface area contributed by atoms with Crippen LogP contribution in [0.25, 0.3) is 0 Å². The van der Waals surface area contributed by atoms with Crippen molar-refractivity contribution < 1.29 is 17.6 Å². The third-order valence-electron chi connectivity index (χ3n) is 5.83. The van der Waals surface area contributed by atoms with E-state index < -0.39 is 20.9 Å². The molecule has 2 heterocycles. The van der Waals surface area contributed by atoms with E-state index in [1.807, 2.05) is 0 Å². The van der Waals surface area contributed by atoms with Crippen molar-refractivity contribution in [2.24, 2.45) is 7.05 Å². The maximum Gasteiger partial charge on any atom is 0.251 e. The summed E-state index contributed by atoms with van der Waals surface area (Å²) in [5, 5.41) is 12.8. The Morgan fingerprint density at radius 1 is 1.16 bits per heavy atom. The normalized spacial score (nSPS) is 12.0. The number of hydrogen-bond acceptors (Lipinski definition) is 5. The van der Waals surface area contributed by atoms with Gasteiger partial charge in [-0.25, -0.2) is 12.8 Å². The number of carbonyl (C=O) groups is 1. The zero-order valence-corrected chi connectivity index (χ0v) is 21.2. The van der Waals surface area contributed by atoms with Gasteiger partial charge in [0, 0.05) is 42.7 Å². The van der Waals surface area contributed by atoms with Gasteiger partial charge in [0.05, 0.1) is 16.8 Å². The highest BCUT2D eigenvalue weighted by Gasteiger charge is 2.29. The Morgan fingerprint density at radius 2 is 1.95 bits per heavy atom. The van der Waals surface area contributed by atoms with Crippen LogP contribution in [0.1, 0.15) is 51.3 Å². The van der Waals surface area contributed by atoms with Gasteiger partial charge in [-0.05, 0) is 73.9 Å². The number of sulfone groups is 1. The average Bonchev–Trinajstić information content (AvgIpc) is 3.57. The molecule has 0 radical (unpaired) electrons. The third kappa shape index (κ3) is 6.32. The fourth-order valence-electron chi connectivity index (χ4n) is 3.70. The van der Waals surface area contributed by atoms with Crippen LogP contribution >= 0.6 is 0 Å². The molecule has 0 saturated carbocycles. The quantitative estimate of drug-likeness (QED) is 0.273. The molecular formula is C27H26FN5O3S. The minimum Gasteiger partial charge on any atom is -0.352 e. The lowest BCUT2D eigenvalue weighted by Gasteiger charge is -2.14. The van der Waals surface area contributed by atoms with E-state index in [1.54, 1.807) is 38.6 Å². The van der Waals surface area contributed by atoms with Crippen molar-refractivity contribution in [3.8, 4) is 11.8 Å². The number of nitrogens with zero attached hydrogens (tertiary/aromatic N) is 3. The second-order valence-corrected chi connectivity index (χ2v) is 10.8. The standard InChI is InChI=1S/C27H26FN5O3S/c1-19(25-13-15-33(2)32-25)37(35,36)26-12-9-23(27(34)29-14-3-4-21-17-30-31-18-21)16-22(26)8-5-20-6-10-24(28)11-7-20/h6-7,9-13,15-19H,3-4,14H2,1-2H3,(H,29,34)(H,30,31). The van der Waals surface area contributed by atoms with Gasteiger partial charge in [0.2, 0.25) is 0 Å². The second-order valence-electron chi connectivity index (χ2n) is 8.54. The molecule has 2 aromatic heterocycles. The Labute approximate surface area is 214 Å². The van der Waals surface area contributed by atoms with Gasteiger partial charge in [-0.3, -0.25) is 14.6 Å². The largest absolute Gasteiger partial charge is 0.352 e. The minimum atomic E-state index is -3.89. The molecule has 190 valence electrons. The monoisotopic (exact) mass is 519 g/mol. The fourth-order valence-corrected chi connectivity index (χ4v) is 5.20. The molecule has 37 heavy (non-hydrogen) atoms. The molecule has 8 nitrogen and oxygen atoms in total. The lowest BCUT2D eigenvalue weighted by molar-refractivity contribution is 0.0953. The molecule has 1 unspecified atom stereocenters. The Bertz CT molecular complexity index is 1550. The number of aromatic nitrogens is 4. The summed E-state index contributed by atoms with van der Waals surface area (Å²) in [6.45, 7) is 2.01. The maximum absolute atomic E-state index is 13.5. The molecule has 2 aromatic carbocycles. The number of H-pyrrole nitrogens is 1. The summed E-state index contributed by atoms with van der Waals surface area (Å²) in [5.74, 6) is 5.02. The Kier molecular flexibility index (Phi) is 7.84. The summed E-state index contributed by atoms with van der Waals surface area (Å²) in [4.78, 5) is 12.8. The van der Waals surface area contributed by atoms with Gasteiger partial charge in [-0.2, -0.15) is 10.2 Å². The molecular weight excluding hydrogens is 493 g/mol. The lowest BCUT2D eigenvalue weighted by Crippen LogP contribution is -2.25. The number of aromatic amines is 1. The van der Waals surface area contributed by atoms with E-state index in [-0.39, 0.29) is 21.9 Å². The Balaban J connectivity index is 1.62. The second kappa shape index (κ2) is 11.2. The highest BCUT2D eigenvalue weighted by atomic mass is 32.2. The van der Waals surface area contributed by atoms with Gasteiger partial charge in [0.15, 0.2) is 9.84 Å². The summed E-state index contributed by atoms with van der Waals surface area (Å²) in [7, 11) is -2.17. The molecule has 0 aliphatic carbocycles. The first-order chi connectivity index (χ1) is 17.7. The minimum absolute atomic E-state index is 0.00299. The van der Waals surface area contributed by atoms with Crippen molar-refractivity contribution in [3.63, 3.8) is 0 Å². The first-order valence-electron chi connectivity index (χ1n) is 11.6. The molecule has 0 aliphatic rings. The van der Waals surface area contributed by atoms with Gasteiger partial charge < -0.3 is 5.32 Å². The number of rotatable bonds is 8.